The van der Waals surface area contributed by atoms with Gasteiger partial charge in [-0.1, -0.05) is 29.3 Å². The maximum atomic E-state index is 13.4. The molecule has 3 atom stereocenters. The van der Waals surface area contributed by atoms with Gasteiger partial charge in [-0.3, -0.25) is 9.69 Å². The first kappa shape index (κ1) is 27.5. The average molecular weight is 562 g/mol. The fourth-order valence-electron chi connectivity index (χ4n) is 5.57. The summed E-state index contributed by atoms with van der Waals surface area (Å²) in [5, 5.41) is 15.8. The van der Waals surface area contributed by atoms with Crippen molar-refractivity contribution in [3.8, 4) is 5.75 Å². The number of nitrogens with zero attached hydrogens (tertiary/aromatic N) is 3. The van der Waals surface area contributed by atoms with Gasteiger partial charge >= 0.3 is 0 Å². The Balaban J connectivity index is 1.22. The molecule has 3 fully saturated rings. The van der Waals surface area contributed by atoms with Gasteiger partial charge in [0, 0.05) is 36.9 Å². The highest BCUT2D eigenvalue weighted by atomic mass is 35.5. The molecule has 2 aromatic carbocycles. The van der Waals surface area contributed by atoms with E-state index in [9.17, 15) is 9.90 Å². The van der Waals surface area contributed by atoms with Gasteiger partial charge in [-0.05, 0) is 93.8 Å². The van der Waals surface area contributed by atoms with Crippen molar-refractivity contribution in [2.45, 2.75) is 37.8 Å². The highest BCUT2D eigenvalue weighted by molar-refractivity contribution is 6.32. The van der Waals surface area contributed by atoms with Crippen LogP contribution in [0.2, 0.25) is 10.0 Å². The molecule has 2 N–H and O–H groups in total. The molecule has 38 heavy (non-hydrogen) atoms. The zero-order valence-electron chi connectivity index (χ0n) is 21.8. The number of aliphatic hydroxyl groups is 1. The zero-order chi connectivity index (χ0) is 26.5. The summed E-state index contributed by atoms with van der Waals surface area (Å²) in [5.41, 5.74) is 1.75. The van der Waals surface area contributed by atoms with Crippen LogP contribution in [-0.4, -0.2) is 85.8 Å². The van der Waals surface area contributed by atoms with E-state index in [-0.39, 0.29) is 11.8 Å². The van der Waals surface area contributed by atoms with Gasteiger partial charge in [0.25, 0.3) is 0 Å². The second kappa shape index (κ2) is 12.9. The first-order chi connectivity index (χ1) is 18.5. The van der Waals surface area contributed by atoms with Crippen LogP contribution in [0.1, 0.15) is 37.4 Å². The summed E-state index contributed by atoms with van der Waals surface area (Å²) in [5.74, 6) is 0.475. The zero-order valence-corrected chi connectivity index (χ0v) is 23.3. The van der Waals surface area contributed by atoms with Crippen molar-refractivity contribution in [1.29, 1.82) is 0 Å². The van der Waals surface area contributed by atoms with Crippen molar-refractivity contribution >= 4 is 34.8 Å². The third-order valence-electron chi connectivity index (χ3n) is 8.02. The number of anilines is 1. The molecular weight excluding hydrogens is 523 g/mol. The van der Waals surface area contributed by atoms with E-state index in [1.165, 1.54) is 6.42 Å². The van der Waals surface area contributed by atoms with Crippen LogP contribution in [0.3, 0.4) is 0 Å². The lowest BCUT2D eigenvalue weighted by Crippen LogP contribution is -2.48. The van der Waals surface area contributed by atoms with Crippen molar-refractivity contribution in [3.05, 3.63) is 58.1 Å². The molecule has 3 heterocycles. The maximum Gasteiger partial charge on any atom is 0.225 e. The Morgan fingerprint density at radius 3 is 2.42 bits per heavy atom. The van der Waals surface area contributed by atoms with Crippen LogP contribution in [0, 0.1) is 5.92 Å². The quantitative estimate of drug-likeness (QED) is 0.429. The number of carbonyl (C=O) groups is 1. The third-order valence-corrected chi connectivity index (χ3v) is 8.57. The Morgan fingerprint density at radius 1 is 1.00 bits per heavy atom. The number of hydrogen-bond donors (Lipinski definition) is 2. The minimum Gasteiger partial charge on any atom is -0.491 e. The SMILES string of the molecule is O=C(N[C@H](CN1CCCC1)[C@H](O)c1ccc(OCCN2CCC2)c(Cl)c1)[C@@H]1CCN(c2ccc(Cl)cc2)C1. The van der Waals surface area contributed by atoms with E-state index >= 15 is 0 Å². The minimum atomic E-state index is -0.874. The number of rotatable bonds is 11. The van der Waals surface area contributed by atoms with E-state index < -0.39 is 12.1 Å². The van der Waals surface area contributed by atoms with E-state index in [1.807, 2.05) is 36.4 Å². The number of ether oxygens (including phenoxy) is 1. The molecule has 0 bridgehead atoms. The molecule has 3 saturated heterocycles. The smallest absolute Gasteiger partial charge is 0.225 e. The summed E-state index contributed by atoms with van der Waals surface area (Å²) in [4.78, 5) is 20.3. The number of likely N-dealkylation sites (tertiary alicyclic amines) is 2. The number of amides is 1. The highest BCUT2D eigenvalue weighted by Gasteiger charge is 2.33. The van der Waals surface area contributed by atoms with Crippen molar-refractivity contribution in [2.75, 3.05) is 63.9 Å². The predicted octanol–water partition coefficient (Wildman–Crippen LogP) is 4.22. The summed E-state index contributed by atoms with van der Waals surface area (Å²) in [6.07, 6.45) is 3.44. The summed E-state index contributed by atoms with van der Waals surface area (Å²) in [6, 6.07) is 12.8. The molecule has 7 nitrogen and oxygen atoms in total. The maximum absolute atomic E-state index is 13.4. The average Bonchev–Trinajstić information content (AvgIpc) is 3.58. The molecule has 206 valence electrons. The minimum absolute atomic E-state index is 0.0123. The first-order valence-electron chi connectivity index (χ1n) is 13.8. The number of carbonyl (C=O) groups excluding carboxylic acids is 1. The van der Waals surface area contributed by atoms with E-state index in [2.05, 4.69) is 20.0 Å². The second-order valence-corrected chi connectivity index (χ2v) is 11.6. The molecular formula is C29H38Cl2N4O3. The second-order valence-electron chi connectivity index (χ2n) is 10.7. The van der Waals surface area contributed by atoms with Gasteiger partial charge in [0.05, 0.1) is 17.0 Å². The van der Waals surface area contributed by atoms with Gasteiger partial charge in [0.15, 0.2) is 0 Å². The number of nitrogens with one attached hydrogen (secondary N) is 1. The molecule has 0 radical (unpaired) electrons. The van der Waals surface area contributed by atoms with Crippen molar-refractivity contribution in [1.82, 2.24) is 15.1 Å². The number of halogens is 2. The van der Waals surface area contributed by atoms with Gasteiger partial charge < -0.3 is 25.0 Å². The molecule has 3 aliphatic rings. The number of aliphatic hydroxyl groups excluding tert-OH is 1. The number of benzene rings is 2. The highest BCUT2D eigenvalue weighted by Crippen LogP contribution is 2.31. The Labute approximate surface area is 235 Å². The third kappa shape index (κ3) is 6.93. The van der Waals surface area contributed by atoms with Crippen LogP contribution < -0.4 is 15.0 Å². The molecule has 0 unspecified atom stereocenters. The molecule has 5 rings (SSSR count). The van der Waals surface area contributed by atoms with Gasteiger partial charge in [0.1, 0.15) is 18.5 Å². The Hall–Kier alpha value is -2.03. The van der Waals surface area contributed by atoms with Crippen LogP contribution in [0.5, 0.6) is 5.75 Å². The molecule has 0 saturated carbocycles. The van der Waals surface area contributed by atoms with Crippen LogP contribution >= 0.6 is 23.2 Å². The molecule has 2 aromatic rings. The van der Waals surface area contributed by atoms with Crippen LogP contribution in [-0.2, 0) is 4.79 Å². The predicted molar refractivity (Wildman–Crippen MR) is 152 cm³/mol. The lowest BCUT2D eigenvalue weighted by Gasteiger charge is -2.30. The number of hydrogen-bond acceptors (Lipinski definition) is 6. The monoisotopic (exact) mass is 560 g/mol. The van der Waals surface area contributed by atoms with E-state index in [1.54, 1.807) is 6.07 Å². The largest absolute Gasteiger partial charge is 0.491 e. The fourth-order valence-corrected chi connectivity index (χ4v) is 5.94. The van der Waals surface area contributed by atoms with Gasteiger partial charge in [-0.25, -0.2) is 0 Å². The van der Waals surface area contributed by atoms with Gasteiger partial charge in [0.2, 0.25) is 5.91 Å². The normalized spacial score (nSPS) is 21.8. The van der Waals surface area contributed by atoms with E-state index in [4.69, 9.17) is 27.9 Å². The Morgan fingerprint density at radius 2 is 1.74 bits per heavy atom. The molecule has 0 spiro atoms. The summed E-state index contributed by atoms with van der Waals surface area (Å²) >= 11 is 12.6. The van der Waals surface area contributed by atoms with E-state index in [0.717, 1.165) is 64.2 Å². The van der Waals surface area contributed by atoms with Gasteiger partial charge in [-0.2, -0.15) is 0 Å². The summed E-state index contributed by atoms with van der Waals surface area (Å²) < 4.78 is 5.89. The van der Waals surface area contributed by atoms with E-state index in [0.29, 0.717) is 41.1 Å². The van der Waals surface area contributed by atoms with Crippen molar-refractivity contribution < 1.29 is 14.6 Å². The summed E-state index contributed by atoms with van der Waals surface area (Å²) in [7, 11) is 0. The Kier molecular flexibility index (Phi) is 9.33. The summed E-state index contributed by atoms with van der Waals surface area (Å²) in [6.45, 7) is 7.77. The van der Waals surface area contributed by atoms with Crippen molar-refractivity contribution in [3.63, 3.8) is 0 Å². The molecule has 3 aliphatic heterocycles. The molecule has 0 aliphatic carbocycles. The lowest BCUT2D eigenvalue weighted by molar-refractivity contribution is -0.126. The lowest BCUT2D eigenvalue weighted by atomic mass is 10.00. The van der Waals surface area contributed by atoms with Crippen LogP contribution in [0.25, 0.3) is 0 Å². The van der Waals surface area contributed by atoms with Crippen LogP contribution in [0.4, 0.5) is 5.69 Å². The standard InChI is InChI=1S/C29H38Cl2N4O3/c30-23-5-7-24(8-6-23)35-15-10-22(19-35)29(37)32-26(20-34-11-1-2-12-34)28(36)21-4-9-27(25(31)18-21)38-17-16-33-13-3-14-33/h4-9,18,22,26,28,36H,1-3,10-17,19-20H2,(H,32,37)/t22-,26-,28-/m1/s1. The first-order valence-corrected chi connectivity index (χ1v) is 14.6. The fraction of sp³-hybridized carbons (Fsp3) is 0.552. The molecule has 0 aromatic heterocycles. The Bertz CT molecular complexity index is 1080. The van der Waals surface area contributed by atoms with Crippen molar-refractivity contribution in [2.24, 2.45) is 5.92 Å². The molecule has 9 heteroatoms. The molecule has 1 amide bonds. The van der Waals surface area contributed by atoms with Gasteiger partial charge in [-0.15, -0.1) is 0 Å². The topological polar surface area (TPSA) is 68.3 Å². The van der Waals surface area contributed by atoms with Crippen LogP contribution in [0.15, 0.2) is 42.5 Å².